The summed E-state index contributed by atoms with van der Waals surface area (Å²) in [5.74, 6) is 0.681. The predicted octanol–water partition coefficient (Wildman–Crippen LogP) is 4.11. The molecule has 2 aromatic carbocycles. The maximum absolute atomic E-state index is 12.4. The highest BCUT2D eigenvalue weighted by Gasteiger charge is 2.42. The summed E-state index contributed by atoms with van der Waals surface area (Å²) in [7, 11) is -1.06. The molecule has 2 aromatic rings. The largest absolute Gasteiger partial charge is 0.448 e. The van der Waals surface area contributed by atoms with E-state index in [0.29, 0.717) is 21.9 Å². The first kappa shape index (κ1) is 17.1. The van der Waals surface area contributed by atoms with E-state index >= 15 is 0 Å². The van der Waals surface area contributed by atoms with Gasteiger partial charge in [0.1, 0.15) is 0 Å². The van der Waals surface area contributed by atoms with Gasteiger partial charge in [-0.3, -0.25) is 9.00 Å². The fourth-order valence-corrected chi connectivity index (χ4v) is 3.99. The summed E-state index contributed by atoms with van der Waals surface area (Å²) >= 11 is 0. The molecule has 1 aliphatic carbocycles. The molecule has 1 N–H and O–H groups in total. The van der Waals surface area contributed by atoms with Crippen LogP contribution in [0.1, 0.15) is 42.5 Å². The van der Waals surface area contributed by atoms with Gasteiger partial charge in [-0.05, 0) is 49.2 Å². The molecule has 0 unspecified atom stereocenters. The SMILES string of the molecule is C[S@@](=O)c1ccc(C(=O)Nc2ccc3c(c2)OC2(CCCCC2)O3)cc1. The van der Waals surface area contributed by atoms with Crippen molar-refractivity contribution in [3.8, 4) is 11.5 Å². The van der Waals surface area contributed by atoms with Gasteiger partial charge in [0.2, 0.25) is 0 Å². The van der Waals surface area contributed by atoms with Gasteiger partial charge < -0.3 is 14.8 Å². The van der Waals surface area contributed by atoms with Crippen molar-refractivity contribution in [2.24, 2.45) is 0 Å². The van der Waals surface area contributed by atoms with Crippen molar-refractivity contribution >= 4 is 22.4 Å². The molecule has 1 heterocycles. The summed E-state index contributed by atoms with van der Waals surface area (Å²) in [5, 5.41) is 2.88. The van der Waals surface area contributed by atoms with Crippen LogP contribution in [0.3, 0.4) is 0 Å². The number of anilines is 1. The number of rotatable bonds is 3. The molecule has 1 aliphatic heterocycles. The zero-order valence-corrected chi connectivity index (χ0v) is 15.4. The Morgan fingerprint density at radius 1 is 1.00 bits per heavy atom. The maximum atomic E-state index is 12.4. The summed E-state index contributed by atoms with van der Waals surface area (Å²) < 4.78 is 23.6. The first-order valence-electron chi connectivity index (χ1n) is 8.82. The molecule has 0 saturated heterocycles. The third kappa shape index (κ3) is 3.33. The molecule has 2 aliphatic rings. The third-order valence-corrected chi connectivity index (χ3v) is 5.79. The molecular formula is C20H21NO4S. The molecule has 0 radical (unpaired) electrons. The minimum Gasteiger partial charge on any atom is -0.448 e. The van der Waals surface area contributed by atoms with Crippen LogP contribution in [0.25, 0.3) is 0 Å². The lowest BCUT2D eigenvalue weighted by molar-refractivity contribution is -0.105. The van der Waals surface area contributed by atoms with E-state index in [1.165, 1.54) is 6.42 Å². The fourth-order valence-electron chi connectivity index (χ4n) is 3.47. The molecule has 1 fully saturated rings. The summed E-state index contributed by atoms with van der Waals surface area (Å²) in [6.07, 6.45) is 6.84. The van der Waals surface area contributed by atoms with E-state index in [4.69, 9.17) is 9.47 Å². The number of carbonyl (C=O) groups is 1. The number of benzene rings is 2. The first-order chi connectivity index (χ1) is 12.5. The van der Waals surface area contributed by atoms with Gasteiger partial charge in [0.15, 0.2) is 11.5 Å². The average molecular weight is 371 g/mol. The second-order valence-electron chi connectivity index (χ2n) is 6.77. The lowest BCUT2D eigenvalue weighted by Crippen LogP contribution is -2.40. The normalized spacial score (nSPS) is 18.5. The second-order valence-corrected chi connectivity index (χ2v) is 8.15. The van der Waals surface area contributed by atoms with Crippen LogP contribution in [0.2, 0.25) is 0 Å². The number of hydrogen-bond acceptors (Lipinski definition) is 4. The highest BCUT2D eigenvalue weighted by molar-refractivity contribution is 7.84. The van der Waals surface area contributed by atoms with Crippen molar-refractivity contribution in [1.82, 2.24) is 0 Å². The van der Waals surface area contributed by atoms with Crippen LogP contribution in [0.15, 0.2) is 47.4 Å². The number of amides is 1. The van der Waals surface area contributed by atoms with Crippen molar-refractivity contribution in [2.75, 3.05) is 11.6 Å². The van der Waals surface area contributed by atoms with E-state index in [-0.39, 0.29) is 5.91 Å². The van der Waals surface area contributed by atoms with E-state index in [1.807, 2.05) is 18.2 Å². The third-order valence-electron chi connectivity index (χ3n) is 4.86. The Balaban J connectivity index is 1.47. The second kappa shape index (κ2) is 6.76. The molecule has 1 atom stereocenters. The number of nitrogens with one attached hydrogen (secondary N) is 1. The monoisotopic (exact) mass is 371 g/mol. The Kier molecular flexibility index (Phi) is 4.44. The van der Waals surface area contributed by atoms with Crippen LogP contribution in [0.5, 0.6) is 11.5 Å². The lowest BCUT2D eigenvalue weighted by Gasteiger charge is -2.31. The van der Waals surface area contributed by atoms with Crippen molar-refractivity contribution in [3.63, 3.8) is 0 Å². The zero-order valence-electron chi connectivity index (χ0n) is 14.6. The van der Waals surface area contributed by atoms with E-state index in [2.05, 4.69) is 5.32 Å². The van der Waals surface area contributed by atoms with Crippen LogP contribution < -0.4 is 14.8 Å². The lowest BCUT2D eigenvalue weighted by atomic mass is 9.94. The topological polar surface area (TPSA) is 64.6 Å². The van der Waals surface area contributed by atoms with Crippen LogP contribution >= 0.6 is 0 Å². The average Bonchev–Trinajstić information content (AvgIpc) is 2.98. The molecule has 1 spiro atoms. The molecular weight excluding hydrogens is 350 g/mol. The molecule has 1 saturated carbocycles. The van der Waals surface area contributed by atoms with Crippen LogP contribution in [0.4, 0.5) is 5.69 Å². The summed E-state index contributed by atoms with van der Waals surface area (Å²) in [6, 6.07) is 12.2. The number of hydrogen-bond donors (Lipinski definition) is 1. The van der Waals surface area contributed by atoms with Gasteiger partial charge in [-0.15, -0.1) is 0 Å². The van der Waals surface area contributed by atoms with Gasteiger partial charge in [-0.1, -0.05) is 6.42 Å². The maximum Gasteiger partial charge on any atom is 0.255 e. The van der Waals surface area contributed by atoms with Crippen LogP contribution in [0, 0.1) is 0 Å². The quantitative estimate of drug-likeness (QED) is 0.882. The highest BCUT2D eigenvalue weighted by Crippen LogP contribution is 2.46. The molecule has 0 aromatic heterocycles. The molecule has 6 heteroatoms. The van der Waals surface area contributed by atoms with Crippen LogP contribution in [-0.4, -0.2) is 22.2 Å². The van der Waals surface area contributed by atoms with Crippen molar-refractivity contribution in [2.45, 2.75) is 42.8 Å². The van der Waals surface area contributed by atoms with Gasteiger partial charge in [0, 0.05) is 52.1 Å². The molecule has 136 valence electrons. The van der Waals surface area contributed by atoms with Gasteiger partial charge in [-0.25, -0.2) is 0 Å². The Morgan fingerprint density at radius 3 is 2.38 bits per heavy atom. The summed E-state index contributed by atoms with van der Waals surface area (Å²) in [6.45, 7) is 0. The highest BCUT2D eigenvalue weighted by atomic mass is 32.2. The van der Waals surface area contributed by atoms with Crippen molar-refractivity contribution in [3.05, 3.63) is 48.0 Å². The Bertz CT molecular complexity index is 857. The summed E-state index contributed by atoms with van der Waals surface area (Å²) in [4.78, 5) is 13.1. The molecule has 4 rings (SSSR count). The van der Waals surface area contributed by atoms with Gasteiger partial charge in [0.05, 0.1) is 0 Å². The fraction of sp³-hybridized carbons (Fsp3) is 0.350. The van der Waals surface area contributed by atoms with E-state index in [9.17, 15) is 9.00 Å². The summed E-state index contributed by atoms with van der Waals surface area (Å²) in [5.41, 5.74) is 1.17. The standard InChI is InChI=1S/C20H21NO4S/c1-26(23)16-8-5-14(6-9-16)19(22)21-15-7-10-17-18(13-15)25-20(24-17)11-3-2-4-12-20/h5-10,13H,2-4,11-12H2,1H3,(H,21,22)/t26-/m1/s1. The molecule has 26 heavy (non-hydrogen) atoms. The molecule has 1 amide bonds. The Hall–Kier alpha value is -2.34. The van der Waals surface area contributed by atoms with Gasteiger partial charge >= 0.3 is 0 Å². The van der Waals surface area contributed by atoms with Crippen LogP contribution in [-0.2, 0) is 10.8 Å². The molecule has 5 nitrogen and oxygen atoms in total. The van der Waals surface area contributed by atoms with E-state index in [1.54, 1.807) is 30.5 Å². The Morgan fingerprint density at radius 2 is 1.69 bits per heavy atom. The molecule has 0 bridgehead atoms. The minimum absolute atomic E-state index is 0.218. The van der Waals surface area contributed by atoms with E-state index < -0.39 is 16.6 Å². The smallest absolute Gasteiger partial charge is 0.255 e. The first-order valence-corrected chi connectivity index (χ1v) is 10.4. The number of carbonyl (C=O) groups excluding carboxylic acids is 1. The van der Waals surface area contributed by atoms with Gasteiger partial charge in [-0.2, -0.15) is 0 Å². The minimum atomic E-state index is -1.06. The van der Waals surface area contributed by atoms with Crippen molar-refractivity contribution in [1.29, 1.82) is 0 Å². The number of ether oxygens (including phenoxy) is 2. The van der Waals surface area contributed by atoms with E-state index in [0.717, 1.165) is 31.4 Å². The Labute approximate surface area is 155 Å². The van der Waals surface area contributed by atoms with Crippen molar-refractivity contribution < 1.29 is 18.5 Å². The predicted molar refractivity (Wildman–Crippen MR) is 100 cm³/mol. The zero-order chi connectivity index (χ0) is 18.1. The van der Waals surface area contributed by atoms with Gasteiger partial charge in [0.25, 0.3) is 11.7 Å². The number of fused-ring (bicyclic) bond motifs is 1.